The molecule has 0 saturated carbocycles. The molecular weight excluding hydrogens is 314 g/mol. The smallest absolute Gasteiger partial charge is 0.265 e. The Kier molecular flexibility index (Phi) is 6.07. The zero-order valence-corrected chi connectivity index (χ0v) is 15.6. The number of para-hydroxylation sites is 2. The number of methoxy groups -OCH3 is 1. The predicted molar refractivity (Wildman–Crippen MR) is 101 cm³/mol. The second-order valence-corrected chi connectivity index (χ2v) is 6.98. The summed E-state index contributed by atoms with van der Waals surface area (Å²) < 4.78 is 11.2. The van der Waals surface area contributed by atoms with Gasteiger partial charge in [-0.2, -0.15) is 0 Å². The number of hydrogen-bond donors (Lipinski definition) is 1. The highest BCUT2D eigenvalue weighted by Crippen LogP contribution is 2.26. The number of ether oxygens (including phenoxy) is 2. The van der Waals surface area contributed by atoms with Gasteiger partial charge in [0.05, 0.1) is 12.8 Å². The van der Waals surface area contributed by atoms with E-state index in [4.69, 9.17) is 9.47 Å². The predicted octanol–water partition coefficient (Wildman–Crippen LogP) is 4.79. The van der Waals surface area contributed by atoms with E-state index in [1.54, 1.807) is 7.11 Å². The van der Waals surface area contributed by atoms with Crippen molar-refractivity contribution in [3.63, 3.8) is 0 Å². The first-order valence-corrected chi connectivity index (χ1v) is 8.56. The summed E-state index contributed by atoms with van der Waals surface area (Å²) in [6.07, 6.45) is 0.00699. The van der Waals surface area contributed by atoms with Gasteiger partial charge in [-0.05, 0) is 41.7 Å². The van der Waals surface area contributed by atoms with Gasteiger partial charge < -0.3 is 14.8 Å². The Morgan fingerprint density at radius 2 is 1.72 bits per heavy atom. The lowest BCUT2D eigenvalue weighted by Gasteiger charge is -2.21. The van der Waals surface area contributed by atoms with Crippen molar-refractivity contribution in [2.75, 3.05) is 12.4 Å². The van der Waals surface area contributed by atoms with Crippen molar-refractivity contribution in [2.45, 2.75) is 45.6 Å². The van der Waals surface area contributed by atoms with Crippen LogP contribution >= 0.6 is 0 Å². The Balaban J connectivity index is 2.07. The summed E-state index contributed by atoms with van der Waals surface area (Å²) >= 11 is 0. The molecule has 4 nitrogen and oxygen atoms in total. The quantitative estimate of drug-likeness (QED) is 0.822. The standard InChI is InChI=1S/C21H27NO3/c1-6-18(20(23)22-17-9-7-8-10-19(17)24-5)25-16-13-11-15(12-14-16)21(2,3)4/h7-14,18H,6H2,1-5H3,(H,22,23). The molecule has 2 aromatic carbocycles. The van der Waals surface area contributed by atoms with Crippen molar-refractivity contribution >= 4 is 11.6 Å². The van der Waals surface area contributed by atoms with Crippen molar-refractivity contribution in [3.05, 3.63) is 54.1 Å². The van der Waals surface area contributed by atoms with Crippen LogP contribution in [-0.4, -0.2) is 19.1 Å². The molecule has 0 heterocycles. The van der Waals surface area contributed by atoms with E-state index in [9.17, 15) is 4.79 Å². The van der Waals surface area contributed by atoms with Gasteiger partial charge >= 0.3 is 0 Å². The van der Waals surface area contributed by atoms with E-state index in [0.29, 0.717) is 23.6 Å². The summed E-state index contributed by atoms with van der Waals surface area (Å²) in [6.45, 7) is 8.42. The molecular formula is C21H27NO3. The van der Waals surface area contributed by atoms with Gasteiger partial charge in [0.15, 0.2) is 6.10 Å². The normalized spacial score (nSPS) is 12.4. The number of rotatable bonds is 6. The van der Waals surface area contributed by atoms with Crippen molar-refractivity contribution in [1.29, 1.82) is 0 Å². The van der Waals surface area contributed by atoms with Crippen LogP contribution in [0.15, 0.2) is 48.5 Å². The van der Waals surface area contributed by atoms with Gasteiger partial charge in [0.25, 0.3) is 5.91 Å². The molecule has 1 atom stereocenters. The molecule has 2 rings (SSSR count). The fraction of sp³-hybridized carbons (Fsp3) is 0.381. The summed E-state index contributed by atoms with van der Waals surface area (Å²) in [5.74, 6) is 1.13. The minimum Gasteiger partial charge on any atom is -0.495 e. The highest BCUT2D eigenvalue weighted by molar-refractivity contribution is 5.95. The van der Waals surface area contributed by atoms with Crippen LogP contribution in [0.5, 0.6) is 11.5 Å². The minimum atomic E-state index is -0.564. The maximum Gasteiger partial charge on any atom is 0.265 e. The van der Waals surface area contributed by atoms with Crippen LogP contribution in [0.1, 0.15) is 39.7 Å². The highest BCUT2D eigenvalue weighted by Gasteiger charge is 2.20. The second-order valence-electron chi connectivity index (χ2n) is 6.98. The molecule has 1 N–H and O–H groups in total. The molecule has 1 unspecified atom stereocenters. The lowest BCUT2D eigenvalue weighted by atomic mass is 9.87. The summed E-state index contributed by atoms with van der Waals surface area (Å²) in [7, 11) is 1.58. The third-order valence-corrected chi connectivity index (χ3v) is 4.03. The topological polar surface area (TPSA) is 47.6 Å². The van der Waals surface area contributed by atoms with Crippen LogP contribution in [0, 0.1) is 0 Å². The number of benzene rings is 2. The van der Waals surface area contributed by atoms with E-state index in [1.807, 2.05) is 55.5 Å². The van der Waals surface area contributed by atoms with E-state index >= 15 is 0 Å². The monoisotopic (exact) mass is 341 g/mol. The van der Waals surface area contributed by atoms with E-state index in [1.165, 1.54) is 5.56 Å². The van der Waals surface area contributed by atoms with Gasteiger partial charge in [-0.3, -0.25) is 4.79 Å². The maximum atomic E-state index is 12.6. The maximum absolute atomic E-state index is 12.6. The molecule has 134 valence electrons. The molecule has 0 spiro atoms. The van der Waals surface area contributed by atoms with Gasteiger partial charge in [0.2, 0.25) is 0 Å². The van der Waals surface area contributed by atoms with E-state index < -0.39 is 6.10 Å². The average Bonchev–Trinajstić information content (AvgIpc) is 2.59. The Labute approximate surface area is 150 Å². The first-order chi connectivity index (χ1) is 11.8. The molecule has 0 aliphatic carbocycles. The van der Waals surface area contributed by atoms with Crippen molar-refractivity contribution in [3.8, 4) is 11.5 Å². The summed E-state index contributed by atoms with van der Waals surface area (Å²) in [6, 6.07) is 15.2. The van der Waals surface area contributed by atoms with E-state index in [2.05, 4.69) is 26.1 Å². The van der Waals surface area contributed by atoms with Crippen LogP contribution in [0.3, 0.4) is 0 Å². The van der Waals surface area contributed by atoms with Gasteiger partial charge in [-0.25, -0.2) is 0 Å². The van der Waals surface area contributed by atoms with Crippen molar-refractivity contribution in [2.24, 2.45) is 0 Å². The fourth-order valence-electron chi connectivity index (χ4n) is 2.48. The van der Waals surface area contributed by atoms with Crippen LogP contribution in [0.4, 0.5) is 5.69 Å². The Bertz CT molecular complexity index is 702. The number of carbonyl (C=O) groups excluding carboxylic acids is 1. The van der Waals surface area contributed by atoms with Crippen LogP contribution in [0.25, 0.3) is 0 Å². The van der Waals surface area contributed by atoms with E-state index in [0.717, 1.165) is 0 Å². The molecule has 0 fully saturated rings. The average molecular weight is 341 g/mol. The summed E-state index contributed by atoms with van der Waals surface area (Å²) in [5.41, 5.74) is 1.95. The van der Waals surface area contributed by atoms with Gasteiger partial charge in [0.1, 0.15) is 11.5 Å². The molecule has 0 aliphatic heterocycles. The summed E-state index contributed by atoms with van der Waals surface area (Å²) in [5, 5.41) is 2.88. The fourth-order valence-corrected chi connectivity index (χ4v) is 2.48. The highest BCUT2D eigenvalue weighted by atomic mass is 16.5. The zero-order valence-electron chi connectivity index (χ0n) is 15.6. The van der Waals surface area contributed by atoms with Crippen LogP contribution in [-0.2, 0) is 10.2 Å². The second kappa shape index (κ2) is 8.06. The molecule has 2 aromatic rings. The SMILES string of the molecule is CCC(Oc1ccc(C(C)(C)C)cc1)C(=O)Nc1ccccc1OC. The lowest BCUT2D eigenvalue weighted by molar-refractivity contribution is -0.122. The molecule has 0 aromatic heterocycles. The number of carbonyl (C=O) groups is 1. The van der Waals surface area contributed by atoms with E-state index in [-0.39, 0.29) is 11.3 Å². The van der Waals surface area contributed by atoms with Crippen molar-refractivity contribution in [1.82, 2.24) is 0 Å². The molecule has 0 aliphatic rings. The number of hydrogen-bond acceptors (Lipinski definition) is 3. The van der Waals surface area contributed by atoms with Crippen LogP contribution < -0.4 is 14.8 Å². The molecule has 0 bridgehead atoms. The largest absolute Gasteiger partial charge is 0.495 e. The number of anilines is 1. The van der Waals surface area contributed by atoms with Crippen LogP contribution in [0.2, 0.25) is 0 Å². The third kappa shape index (κ3) is 4.99. The van der Waals surface area contributed by atoms with Crippen molar-refractivity contribution < 1.29 is 14.3 Å². The first kappa shape index (κ1) is 18.8. The number of amides is 1. The Hall–Kier alpha value is -2.49. The Morgan fingerprint density at radius 3 is 2.28 bits per heavy atom. The Morgan fingerprint density at radius 1 is 1.08 bits per heavy atom. The third-order valence-electron chi connectivity index (χ3n) is 4.03. The molecule has 25 heavy (non-hydrogen) atoms. The van der Waals surface area contributed by atoms with Gasteiger partial charge in [0, 0.05) is 0 Å². The number of nitrogens with one attached hydrogen (secondary N) is 1. The molecule has 0 radical (unpaired) electrons. The zero-order chi connectivity index (χ0) is 18.4. The first-order valence-electron chi connectivity index (χ1n) is 8.56. The summed E-state index contributed by atoms with van der Waals surface area (Å²) in [4.78, 5) is 12.6. The minimum absolute atomic E-state index is 0.0872. The van der Waals surface area contributed by atoms with Gasteiger partial charge in [-0.15, -0.1) is 0 Å². The lowest BCUT2D eigenvalue weighted by Crippen LogP contribution is -2.32. The van der Waals surface area contributed by atoms with Gasteiger partial charge in [-0.1, -0.05) is 52.0 Å². The molecule has 4 heteroatoms. The molecule has 1 amide bonds. The molecule has 0 saturated heterocycles.